The molecule has 3 rings (SSSR count). The van der Waals surface area contributed by atoms with Gasteiger partial charge in [-0.15, -0.1) is 0 Å². The normalized spacial score (nSPS) is 11.0. The van der Waals surface area contributed by atoms with E-state index in [0.717, 1.165) is 0 Å². The zero-order valence-corrected chi connectivity index (χ0v) is 16.1. The van der Waals surface area contributed by atoms with Gasteiger partial charge in [-0.1, -0.05) is 35.0 Å². The van der Waals surface area contributed by atoms with Crippen molar-refractivity contribution in [1.82, 2.24) is 0 Å². The predicted octanol–water partition coefficient (Wildman–Crippen LogP) is 3.96. The van der Waals surface area contributed by atoms with Crippen LogP contribution in [-0.2, 0) is 4.84 Å². The molecule has 0 aliphatic rings. The minimum atomic E-state index is -0.877. The van der Waals surface area contributed by atoms with Crippen molar-refractivity contribution in [3.05, 3.63) is 110 Å². The van der Waals surface area contributed by atoms with E-state index in [-0.39, 0.29) is 28.4 Å². The Bertz CT molecular complexity index is 1140. The van der Waals surface area contributed by atoms with Crippen LogP contribution in [-0.4, -0.2) is 22.5 Å². The molecule has 0 atom stereocenters. The van der Waals surface area contributed by atoms with Crippen LogP contribution in [0.15, 0.2) is 78.0 Å². The minimum Gasteiger partial charge on any atom is -0.380 e. The molecule has 0 aliphatic heterocycles. The molecule has 8 nitrogen and oxygen atoms in total. The van der Waals surface area contributed by atoms with Crippen LogP contribution in [0.5, 0.6) is 0 Å². The summed E-state index contributed by atoms with van der Waals surface area (Å²) in [5.74, 6) is -1.41. The Labute approximate surface area is 175 Å². The molecule has 30 heavy (non-hydrogen) atoms. The van der Waals surface area contributed by atoms with E-state index in [4.69, 9.17) is 22.2 Å². The Kier molecular flexibility index (Phi) is 6.19. The summed E-state index contributed by atoms with van der Waals surface area (Å²) in [7, 11) is 0. The molecule has 0 amide bonds. The Morgan fingerprint density at radius 2 is 1.47 bits per heavy atom. The topological polar surface area (TPSA) is 125 Å². The van der Waals surface area contributed by atoms with Gasteiger partial charge in [0.2, 0.25) is 0 Å². The minimum absolute atomic E-state index is 0.0118. The van der Waals surface area contributed by atoms with Gasteiger partial charge in [-0.2, -0.15) is 0 Å². The first-order chi connectivity index (χ1) is 14.4. The summed E-state index contributed by atoms with van der Waals surface area (Å²) in [5, 5.41) is 14.8. The first kappa shape index (κ1) is 20.7. The van der Waals surface area contributed by atoms with E-state index in [1.165, 1.54) is 36.4 Å². The van der Waals surface area contributed by atoms with Crippen LogP contribution in [0.2, 0.25) is 5.02 Å². The predicted molar refractivity (Wildman–Crippen MR) is 111 cm³/mol. The molecular formula is C21H14ClN3O5. The number of nitrogens with two attached hydrogens (primary N) is 1. The third-order valence-corrected chi connectivity index (χ3v) is 4.35. The van der Waals surface area contributed by atoms with Gasteiger partial charge in [0, 0.05) is 33.8 Å². The summed E-state index contributed by atoms with van der Waals surface area (Å²) in [6.45, 7) is 0. The maximum Gasteiger partial charge on any atom is 0.366 e. The van der Waals surface area contributed by atoms with Crippen LogP contribution >= 0.6 is 11.6 Å². The lowest BCUT2D eigenvalue weighted by molar-refractivity contribution is -0.384. The first-order valence-corrected chi connectivity index (χ1v) is 8.93. The quantitative estimate of drug-likeness (QED) is 0.160. The van der Waals surface area contributed by atoms with Crippen molar-refractivity contribution in [2.24, 2.45) is 10.9 Å². The fourth-order valence-corrected chi connectivity index (χ4v) is 2.69. The molecule has 0 radical (unpaired) electrons. The van der Waals surface area contributed by atoms with Crippen molar-refractivity contribution in [3.63, 3.8) is 0 Å². The number of nitrogens with zero attached hydrogens (tertiary/aromatic N) is 2. The monoisotopic (exact) mass is 423 g/mol. The summed E-state index contributed by atoms with van der Waals surface area (Å²) < 4.78 is 0. The molecule has 0 spiro atoms. The van der Waals surface area contributed by atoms with Gasteiger partial charge in [0.1, 0.15) is 0 Å². The van der Waals surface area contributed by atoms with Gasteiger partial charge in [0.05, 0.1) is 10.5 Å². The highest BCUT2D eigenvalue weighted by molar-refractivity contribution is 6.30. The van der Waals surface area contributed by atoms with Gasteiger partial charge < -0.3 is 10.6 Å². The Balaban J connectivity index is 1.80. The van der Waals surface area contributed by atoms with Crippen LogP contribution in [0.1, 0.15) is 31.8 Å². The number of halogens is 1. The molecule has 0 aliphatic carbocycles. The summed E-state index contributed by atoms with van der Waals surface area (Å²) in [5.41, 5.74) is 6.49. The SMILES string of the molecule is N/C(=N\OC(=O)c1ccccc1C(=O)c1ccc(Cl)cc1)c1ccc([N+](=O)[O-])cc1. The Hall–Kier alpha value is -4.04. The van der Waals surface area contributed by atoms with Crippen LogP contribution < -0.4 is 5.73 Å². The second-order valence-electron chi connectivity index (χ2n) is 6.04. The van der Waals surface area contributed by atoms with E-state index in [9.17, 15) is 19.7 Å². The lowest BCUT2D eigenvalue weighted by Crippen LogP contribution is -2.16. The molecule has 0 unspecified atom stereocenters. The van der Waals surface area contributed by atoms with E-state index >= 15 is 0 Å². The molecule has 0 aromatic heterocycles. The van der Waals surface area contributed by atoms with Gasteiger partial charge in [-0.05, 0) is 42.5 Å². The lowest BCUT2D eigenvalue weighted by atomic mass is 9.98. The number of nitro groups is 1. The molecule has 0 saturated heterocycles. The Morgan fingerprint density at radius 3 is 2.07 bits per heavy atom. The molecule has 9 heteroatoms. The zero-order valence-electron chi connectivity index (χ0n) is 15.3. The van der Waals surface area contributed by atoms with Crippen molar-refractivity contribution in [2.75, 3.05) is 0 Å². The van der Waals surface area contributed by atoms with Crippen LogP contribution in [0.25, 0.3) is 0 Å². The highest BCUT2D eigenvalue weighted by Gasteiger charge is 2.19. The summed E-state index contributed by atoms with van der Waals surface area (Å²) in [6, 6.07) is 17.6. The van der Waals surface area contributed by atoms with Gasteiger partial charge in [-0.25, -0.2) is 4.79 Å². The number of amidine groups is 1. The van der Waals surface area contributed by atoms with Gasteiger partial charge in [0.25, 0.3) is 5.69 Å². The van der Waals surface area contributed by atoms with E-state index in [1.54, 1.807) is 36.4 Å². The highest BCUT2D eigenvalue weighted by Crippen LogP contribution is 2.18. The van der Waals surface area contributed by atoms with Crippen molar-refractivity contribution >= 4 is 34.9 Å². The average molecular weight is 424 g/mol. The maximum atomic E-state index is 12.8. The number of hydrogen-bond donors (Lipinski definition) is 1. The Morgan fingerprint density at radius 1 is 0.900 bits per heavy atom. The molecule has 3 aromatic rings. The first-order valence-electron chi connectivity index (χ1n) is 8.56. The number of carbonyl (C=O) groups excluding carboxylic acids is 2. The van der Waals surface area contributed by atoms with Crippen molar-refractivity contribution in [2.45, 2.75) is 0 Å². The van der Waals surface area contributed by atoms with Crippen molar-refractivity contribution < 1.29 is 19.3 Å². The van der Waals surface area contributed by atoms with Crippen molar-refractivity contribution in [3.8, 4) is 0 Å². The number of ketones is 1. The van der Waals surface area contributed by atoms with Crippen LogP contribution in [0.4, 0.5) is 5.69 Å². The molecule has 2 N–H and O–H groups in total. The van der Waals surface area contributed by atoms with E-state index < -0.39 is 10.9 Å². The van der Waals surface area contributed by atoms with E-state index in [0.29, 0.717) is 16.1 Å². The van der Waals surface area contributed by atoms with E-state index in [2.05, 4.69) is 5.16 Å². The zero-order chi connectivity index (χ0) is 21.7. The fraction of sp³-hybridized carbons (Fsp3) is 0. The second-order valence-corrected chi connectivity index (χ2v) is 6.48. The van der Waals surface area contributed by atoms with Crippen LogP contribution in [0, 0.1) is 10.1 Å². The molecule has 0 bridgehead atoms. The van der Waals surface area contributed by atoms with Gasteiger partial charge in [-0.3, -0.25) is 14.9 Å². The average Bonchev–Trinajstić information content (AvgIpc) is 2.77. The molecule has 0 heterocycles. The third kappa shape index (κ3) is 4.68. The fourth-order valence-electron chi connectivity index (χ4n) is 2.56. The highest BCUT2D eigenvalue weighted by atomic mass is 35.5. The third-order valence-electron chi connectivity index (χ3n) is 4.10. The van der Waals surface area contributed by atoms with Crippen LogP contribution in [0.3, 0.4) is 0 Å². The summed E-state index contributed by atoms with van der Waals surface area (Å²) in [4.78, 5) is 40.3. The summed E-state index contributed by atoms with van der Waals surface area (Å²) >= 11 is 5.84. The standard InChI is InChI=1S/C21H14ClN3O5/c22-15-9-5-13(6-10-15)19(26)17-3-1-2-4-18(17)21(27)30-24-20(23)14-7-11-16(12-8-14)25(28)29/h1-12H,(H2,23,24). The summed E-state index contributed by atoms with van der Waals surface area (Å²) in [6.07, 6.45) is 0. The number of hydrogen-bond acceptors (Lipinski definition) is 6. The number of carbonyl (C=O) groups is 2. The molecule has 150 valence electrons. The van der Waals surface area contributed by atoms with Gasteiger partial charge in [0.15, 0.2) is 11.6 Å². The van der Waals surface area contributed by atoms with Crippen molar-refractivity contribution in [1.29, 1.82) is 0 Å². The smallest absolute Gasteiger partial charge is 0.366 e. The number of oxime groups is 1. The maximum absolute atomic E-state index is 12.8. The molecular weight excluding hydrogens is 410 g/mol. The second kappa shape index (κ2) is 8.97. The lowest BCUT2D eigenvalue weighted by Gasteiger charge is -2.07. The number of non-ortho nitro benzene ring substituents is 1. The largest absolute Gasteiger partial charge is 0.380 e. The van der Waals surface area contributed by atoms with Gasteiger partial charge >= 0.3 is 5.97 Å². The van der Waals surface area contributed by atoms with E-state index in [1.807, 2.05) is 0 Å². The number of nitro benzene ring substituents is 1. The number of benzene rings is 3. The molecule has 3 aromatic carbocycles. The number of rotatable bonds is 6. The molecule has 0 saturated carbocycles. The molecule has 0 fully saturated rings.